The van der Waals surface area contributed by atoms with Gasteiger partial charge < -0.3 is 9.67 Å². The van der Waals surface area contributed by atoms with Gasteiger partial charge in [-0.05, 0) is 24.6 Å². The summed E-state index contributed by atoms with van der Waals surface area (Å²) in [5, 5.41) is 8.52. The molecule has 0 bridgehead atoms. The average molecular weight is 246 g/mol. The van der Waals surface area contributed by atoms with Crippen LogP contribution in [0.15, 0.2) is 24.5 Å². The number of carboxylic acid groups (broad SMARTS) is 1. The molecule has 0 unspecified atom stereocenters. The predicted molar refractivity (Wildman–Crippen MR) is 66.5 cm³/mol. The van der Waals surface area contributed by atoms with Crippen molar-refractivity contribution in [3.05, 3.63) is 30.1 Å². The van der Waals surface area contributed by atoms with E-state index in [0.29, 0.717) is 12.0 Å². The number of rotatable bonds is 5. The van der Waals surface area contributed by atoms with Crippen molar-refractivity contribution in [1.82, 2.24) is 9.55 Å². The Morgan fingerprint density at radius 3 is 2.83 bits per heavy atom. The maximum Gasteiger partial charge on any atom is 0.303 e. The molecule has 0 radical (unpaired) electrons. The summed E-state index contributed by atoms with van der Waals surface area (Å²) in [6.07, 6.45) is 2.35. The van der Waals surface area contributed by atoms with E-state index in [2.05, 4.69) is 4.98 Å². The first kappa shape index (κ1) is 12.3. The minimum absolute atomic E-state index is 0.0254. The Labute approximate surface area is 104 Å². The van der Waals surface area contributed by atoms with Crippen LogP contribution in [0.4, 0.5) is 0 Å². The van der Waals surface area contributed by atoms with Gasteiger partial charge >= 0.3 is 5.97 Å². The lowest BCUT2D eigenvalue weighted by atomic mass is 10.0. The molecule has 1 aromatic heterocycles. The number of hydrogen-bond donors (Lipinski definition) is 1. The molecule has 0 aliphatic carbocycles. The van der Waals surface area contributed by atoms with Crippen molar-refractivity contribution in [3.63, 3.8) is 0 Å². The second kappa shape index (κ2) is 5.00. The SMILES string of the molecule is Cn1cnc2cc(C(=O)CCCC(=O)O)ccc21. The van der Waals surface area contributed by atoms with E-state index >= 15 is 0 Å². The number of imidazole rings is 1. The molecule has 0 aliphatic heterocycles. The zero-order valence-electron chi connectivity index (χ0n) is 10.1. The Bertz CT molecular complexity index is 601. The van der Waals surface area contributed by atoms with Gasteiger partial charge in [0.05, 0.1) is 17.4 Å². The molecule has 5 heteroatoms. The minimum Gasteiger partial charge on any atom is -0.481 e. The van der Waals surface area contributed by atoms with Crippen molar-refractivity contribution in [1.29, 1.82) is 0 Å². The second-order valence-corrected chi connectivity index (χ2v) is 4.23. The molecule has 2 rings (SSSR count). The summed E-state index contributed by atoms with van der Waals surface area (Å²) >= 11 is 0. The van der Waals surface area contributed by atoms with Crippen LogP contribution >= 0.6 is 0 Å². The number of carbonyl (C=O) groups excluding carboxylic acids is 1. The molecule has 0 saturated carbocycles. The molecule has 0 amide bonds. The summed E-state index contributed by atoms with van der Waals surface area (Å²) in [5.41, 5.74) is 2.34. The molecular formula is C13H14N2O3. The molecule has 1 aromatic carbocycles. The Kier molecular flexibility index (Phi) is 3.41. The van der Waals surface area contributed by atoms with E-state index in [1.807, 2.05) is 17.7 Å². The van der Waals surface area contributed by atoms with E-state index in [1.54, 1.807) is 18.5 Å². The zero-order chi connectivity index (χ0) is 13.1. The van der Waals surface area contributed by atoms with E-state index in [9.17, 15) is 9.59 Å². The summed E-state index contributed by atoms with van der Waals surface area (Å²) in [6, 6.07) is 5.36. The normalized spacial score (nSPS) is 10.7. The summed E-state index contributed by atoms with van der Waals surface area (Å²) in [6.45, 7) is 0. The highest BCUT2D eigenvalue weighted by Crippen LogP contribution is 2.15. The molecule has 18 heavy (non-hydrogen) atoms. The van der Waals surface area contributed by atoms with Crippen LogP contribution in [0.2, 0.25) is 0 Å². The third-order valence-electron chi connectivity index (χ3n) is 2.84. The number of hydrogen-bond acceptors (Lipinski definition) is 3. The molecular weight excluding hydrogens is 232 g/mol. The monoisotopic (exact) mass is 246 g/mol. The fraction of sp³-hybridized carbons (Fsp3) is 0.308. The molecule has 0 saturated heterocycles. The number of aryl methyl sites for hydroxylation is 1. The summed E-state index contributed by atoms with van der Waals surface area (Å²) < 4.78 is 1.88. The maximum atomic E-state index is 11.8. The molecule has 0 atom stereocenters. The number of carbonyl (C=O) groups is 2. The summed E-state index contributed by atoms with van der Waals surface area (Å²) in [4.78, 5) is 26.4. The quantitative estimate of drug-likeness (QED) is 0.819. The van der Waals surface area contributed by atoms with Crippen LogP contribution in [0.3, 0.4) is 0 Å². The largest absolute Gasteiger partial charge is 0.481 e. The van der Waals surface area contributed by atoms with Crippen LogP contribution in [0.25, 0.3) is 11.0 Å². The van der Waals surface area contributed by atoms with E-state index in [-0.39, 0.29) is 18.6 Å². The van der Waals surface area contributed by atoms with Crippen LogP contribution in [0.5, 0.6) is 0 Å². The Hall–Kier alpha value is -2.17. The van der Waals surface area contributed by atoms with Crippen molar-refractivity contribution >= 4 is 22.8 Å². The van der Waals surface area contributed by atoms with Gasteiger partial charge in [-0.25, -0.2) is 4.98 Å². The Balaban J connectivity index is 2.10. The van der Waals surface area contributed by atoms with Gasteiger partial charge in [0.25, 0.3) is 0 Å². The van der Waals surface area contributed by atoms with Crippen LogP contribution in [-0.4, -0.2) is 26.4 Å². The first-order chi connectivity index (χ1) is 8.58. The van der Waals surface area contributed by atoms with E-state index in [4.69, 9.17) is 5.11 Å². The average Bonchev–Trinajstić information content (AvgIpc) is 2.70. The maximum absolute atomic E-state index is 11.8. The summed E-state index contributed by atoms with van der Waals surface area (Å²) in [7, 11) is 1.89. The highest BCUT2D eigenvalue weighted by molar-refractivity contribution is 5.99. The number of ketones is 1. The third-order valence-corrected chi connectivity index (χ3v) is 2.84. The van der Waals surface area contributed by atoms with E-state index in [0.717, 1.165) is 11.0 Å². The highest BCUT2D eigenvalue weighted by Gasteiger charge is 2.09. The number of carboxylic acids is 1. The Morgan fingerprint density at radius 1 is 1.33 bits per heavy atom. The molecule has 1 N–H and O–H groups in total. The smallest absolute Gasteiger partial charge is 0.303 e. The van der Waals surface area contributed by atoms with Crippen LogP contribution in [0.1, 0.15) is 29.6 Å². The number of aliphatic carboxylic acids is 1. The van der Waals surface area contributed by atoms with Crippen LogP contribution < -0.4 is 0 Å². The number of nitrogens with zero attached hydrogens (tertiary/aromatic N) is 2. The number of benzene rings is 1. The number of Topliss-reactive ketones (excluding diaryl/α,β-unsaturated/α-hetero) is 1. The van der Waals surface area contributed by atoms with Crippen LogP contribution in [-0.2, 0) is 11.8 Å². The molecule has 1 heterocycles. The van der Waals surface area contributed by atoms with Gasteiger partial charge in [0.15, 0.2) is 5.78 Å². The fourth-order valence-electron chi connectivity index (χ4n) is 1.85. The van der Waals surface area contributed by atoms with Crippen molar-refractivity contribution < 1.29 is 14.7 Å². The molecule has 5 nitrogen and oxygen atoms in total. The van der Waals surface area contributed by atoms with E-state index < -0.39 is 5.97 Å². The lowest BCUT2D eigenvalue weighted by Gasteiger charge is -2.01. The van der Waals surface area contributed by atoms with Crippen molar-refractivity contribution in [2.45, 2.75) is 19.3 Å². The second-order valence-electron chi connectivity index (χ2n) is 4.23. The zero-order valence-corrected chi connectivity index (χ0v) is 10.1. The van der Waals surface area contributed by atoms with Gasteiger partial charge in [-0.3, -0.25) is 9.59 Å². The number of aromatic nitrogens is 2. The van der Waals surface area contributed by atoms with Gasteiger partial charge in [-0.2, -0.15) is 0 Å². The predicted octanol–water partition coefficient (Wildman–Crippen LogP) is 2.01. The van der Waals surface area contributed by atoms with Gasteiger partial charge in [0.2, 0.25) is 0 Å². The first-order valence-corrected chi connectivity index (χ1v) is 5.74. The van der Waals surface area contributed by atoms with Crippen molar-refractivity contribution in [2.75, 3.05) is 0 Å². The van der Waals surface area contributed by atoms with Crippen molar-refractivity contribution in [2.24, 2.45) is 7.05 Å². The first-order valence-electron chi connectivity index (χ1n) is 5.74. The Morgan fingerprint density at radius 2 is 2.11 bits per heavy atom. The standard InChI is InChI=1S/C13H14N2O3/c1-15-8-14-10-7-9(5-6-11(10)15)12(16)3-2-4-13(17)18/h5-8H,2-4H2,1H3,(H,17,18). The van der Waals surface area contributed by atoms with Gasteiger partial charge in [-0.15, -0.1) is 0 Å². The lowest BCUT2D eigenvalue weighted by molar-refractivity contribution is -0.137. The molecule has 0 aliphatic rings. The molecule has 0 spiro atoms. The summed E-state index contributed by atoms with van der Waals surface area (Å²) in [5.74, 6) is -0.910. The van der Waals surface area contributed by atoms with Gasteiger partial charge in [0, 0.05) is 25.5 Å². The third kappa shape index (κ3) is 2.56. The molecule has 2 aromatic rings. The highest BCUT2D eigenvalue weighted by atomic mass is 16.4. The lowest BCUT2D eigenvalue weighted by Crippen LogP contribution is -2.01. The number of fused-ring (bicyclic) bond motifs is 1. The molecule has 94 valence electrons. The van der Waals surface area contributed by atoms with Crippen molar-refractivity contribution in [3.8, 4) is 0 Å². The van der Waals surface area contributed by atoms with Gasteiger partial charge in [0.1, 0.15) is 0 Å². The fourth-order valence-corrected chi connectivity index (χ4v) is 1.85. The topological polar surface area (TPSA) is 72.2 Å². The van der Waals surface area contributed by atoms with E-state index in [1.165, 1.54) is 0 Å². The minimum atomic E-state index is -0.872. The molecule has 0 fully saturated rings. The van der Waals surface area contributed by atoms with Crippen LogP contribution in [0, 0.1) is 0 Å². The van der Waals surface area contributed by atoms with Gasteiger partial charge in [-0.1, -0.05) is 0 Å².